The van der Waals surface area contributed by atoms with E-state index in [1.807, 2.05) is 0 Å². The number of carbonyl (C=O) groups excluding carboxylic acids is 1. The summed E-state index contributed by atoms with van der Waals surface area (Å²) in [7, 11) is 1.26. The molecule has 2 aromatic rings. The average Bonchev–Trinajstić information content (AvgIpc) is 2.86. The van der Waals surface area contributed by atoms with Gasteiger partial charge in [-0.2, -0.15) is 0 Å². The van der Waals surface area contributed by atoms with Gasteiger partial charge in [-0.15, -0.1) is 10.2 Å². The summed E-state index contributed by atoms with van der Waals surface area (Å²) in [5.41, 5.74) is 0.226. The molecular weight excluding hydrogens is 278 g/mol. The van der Waals surface area contributed by atoms with Gasteiger partial charge in [-0.3, -0.25) is 0 Å². The number of furan rings is 1. The van der Waals surface area contributed by atoms with Gasteiger partial charge in [-0.25, -0.2) is 9.59 Å². The maximum atomic E-state index is 11.2. The van der Waals surface area contributed by atoms with Crippen LogP contribution in [0.3, 0.4) is 0 Å². The number of hydrogen-bond donors (Lipinski definition) is 2. The summed E-state index contributed by atoms with van der Waals surface area (Å²) < 4.78 is 9.82. The molecule has 2 heterocycles. The third-order valence-corrected chi connectivity index (χ3v) is 2.70. The number of rotatable bonds is 5. The number of carboxylic acid groups (broad SMARTS) is 1. The fourth-order valence-electron chi connectivity index (χ4n) is 1.66. The van der Waals surface area contributed by atoms with Crippen LogP contribution < -0.4 is 5.32 Å². The molecule has 0 bridgehead atoms. The molecule has 2 N–H and O–H groups in total. The summed E-state index contributed by atoms with van der Waals surface area (Å²) in [4.78, 5) is 22.1. The van der Waals surface area contributed by atoms with E-state index in [1.54, 1.807) is 13.0 Å². The van der Waals surface area contributed by atoms with Gasteiger partial charge in [0.25, 0.3) is 0 Å². The van der Waals surface area contributed by atoms with Crippen LogP contribution in [-0.4, -0.2) is 34.4 Å². The molecule has 8 heteroatoms. The van der Waals surface area contributed by atoms with Gasteiger partial charge in [0.15, 0.2) is 5.69 Å². The largest absolute Gasteiger partial charge is 0.478 e. The predicted molar refractivity (Wildman–Crippen MR) is 71.1 cm³/mol. The number of aromatic carboxylic acids is 1. The van der Waals surface area contributed by atoms with Crippen molar-refractivity contribution in [3.63, 3.8) is 0 Å². The van der Waals surface area contributed by atoms with Crippen molar-refractivity contribution in [1.29, 1.82) is 0 Å². The van der Waals surface area contributed by atoms with Crippen LogP contribution in [0.2, 0.25) is 0 Å². The second-order valence-corrected chi connectivity index (χ2v) is 4.14. The van der Waals surface area contributed by atoms with Gasteiger partial charge in [0, 0.05) is 0 Å². The first-order valence-electron chi connectivity index (χ1n) is 5.99. The average molecular weight is 291 g/mol. The third kappa shape index (κ3) is 3.35. The van der Waals surface area contributed by atoms with Gasteiger partial charge in [0.05, 0.1) is 13.7 Å². The Labute approximate surface area is 119 Å². The van der Waals surface area contributed by atoms with Gasteiger partial charge in [-0.05, 0) is 25.1 Å². The van der Waals surface area contributed by atoms with E-state index in [9.17, 15) is 9.59 Å². The number of hydrogen-bond acceptors (Lipinski definition) is 7. The van der Waals surface area contributed by atoms with E-state index < -0.39 is 11.9 Å². The lowest BCUT2D eigenvalue weighted by atomic mass is 10.2. The minimum atomic E-state index is -1.04. The second kappa shape index (κ2) is 6.04. The topological polar surface area (TPSA) is 115 Å². The molecule has 0 aliphatic heterocycles. The number of methoxy groups -OCH3 is 1. The van der Waals surface area contributed by atoms with Crippen molar-refractivity contribution in [2.24, 2.45) is 0 Å². The number of carbonyl (C=O) groups is 2. The van der Waals surface area contributed by atoms with Gasteiger partial charge >= 0.3 is 11.9 Å². The van der Waals surface area contributed by atoms with E-state index in [0.717, 1.165) is 0 Å². The van der Waals surface area contributed by atoms with Crippen molar-refractivity contribution in [2.75, 3.05) is 12.4 Å². The Morgan fingerprint density at radius 2 is 2.14 bits per heavy atom. The monoisotopic (exact) mass is 291 g/mol. The highest BCUT2D eigenvalue weighted by Crippen LogP contribution is 2.15. The normalized spacial score (nSPS) is 10.2. The Hall–Kier alpha value is -2.90. The van der Waals surface area contributed by atoms with Crippen molar-refractivity contribution in [2.45, 2.75) is 13.5 Å². The van der Waals surface area contributed by atoms with Crippen LogP contribution in [0.1, 0.15) is 32.4 Å². The van der Waals surface area contributed by atoms with Gasteiger partial charge in [0.2, 0.25) is 0 Å². The molecule has 21 heavy (non-hydrogen) atoms. The van der Waals surface area contributed by atoms with E-state index in [1.165, 1.54) is 19.2 Å². The van der Waals surface area contributed by atoms with Crippen LogP contribution >= 0.6 is 0 Å². The predicted octanol–water partition coefficient (Wildman–Crippen LogP) is 1.47. The fourth-order valence-corrected chi connectivity index (χ4v) is 1.66. The third-order valence-electron chi connectivity index (χ3n) is 2.70. The van der Waals surface area contributed by atoms with Crippen LogP contribution in [0.4, 0.5) is 5.82 Å². The first kappa shape index (κ1) is 14.5. The van der Waals surface area contributed by atoms with E-state index in [0.29, 0.717) is 17.3 Å². The van der Waals surface area contributed by atoms with Crippen LogP contribution in [0.5, 0.6) is 0 Å². The lowest BCUT2D eigenvalue weighted by Gasteiger charge is -2.03. The lowest BCUT2D eigenvalue weighted by molar-refractivity contribution is 0.0592. The molecule has 0 aliphatic rings. The van der Waals surface area contributed by atoms with E-state index >= 15 is 0 Å². The summed E-state index contributed by atoms with van der Waals surface area (Å²) in [6.45, 7) is 1.83. The van der Waals surface area contributed by atoms with Crippen LogP contribution in [0.15, 0.2) is 22.6 Å². The summed E-state index contributed by atoms with van der Waals surface area (Å²) >= 11 is 0. The Morgan fingerprint density at radius 3 is 2.67 bits per heavy atom. The smallest absolute Gasteiger partial charge is 0.358 e. The molecule has 0 saturated heterocycles. The first-order valence-corrected chi connectivity index (χ1v) is 5.99. The Bertz CT molecular complexity index is 663. The minimum Gasteiger partial charge on any atom is -0.478 e. The SMILES string of the molecule is COC(=O)c1ccc(NCc2cc(C(=O)O)c(C)o2)nn1. The van der Waals surface area contributed by atoms with Crippen molar-refractivity contribution in [3.05, 3.63) is 41.0 Å². The highest BCUT2D eigenvalue weighted by Gasteiger charge is 2.13. The number of aromatic nitrogens is 2. The van der Waals surface area contributed by atoms with Gasteiger partial charge < -0.3 is 19.6 Å². The van der Waals surface area contributed by atoms with E-state index in [-0.39, 0.29) is 17.8 Å². The molecule has 110 valence electrons. The van der Waals surface area contributed by atoms with Gasteiger partial charge in [-0.1, -0.05) is 0 Å². The first-order chi connectivity index (χ1) is 10.0. The molecule has 0 aliphatic carbocycles. The van der Waals surface area contributed by atoms with Gasteiger partial charge in [0.1, 0.15) is 22.9 Å². The van der Waals surface area contributed by atoms with Crippen LogP contribution in [-0.2, 0) is 11.3 Å². The van der Waals surface area contributed by atoms with E-state index in [2.05, 4.69) is 20.3 Å². The maximum Gasteiger partial charge on any atom is 0.358 e. The van der Waals surface area contributed by atoms with Crippen molar-refractivity contribution < 1.29 is 23.8 Å². The molecule has 0 radical (unpaired) electrons. The minimum absolute atomic E-state index is 0.102. The van der Waals surface area contributed by atoms with Crippen molar-refractivity contribution >= 4 is 17.8 Å². The zero-order valence-electron chi connectivity index (χ0n) is 11.4. The van der Waals surface area contributed by atoms with Crippen LogP contribution in [0, 0.1) is 6.92 Å². The second-order valence-electron chi connectivity index (χ2n) is 4.14. The fraction of sp³-hybridized carbons (Fsp3) is 0.231. The molecule has 2 aromatic heterocycles. The highest BCUT2D eigenvalue weighted by molar-refractivity contribution is 5.88. The highest BCUT2D eigenvalue weighted by atomic mass is 16.5. The summed E-state index contributed by atoms with van der Waals surface area (Å²) in [6, 6.07) is 4.48. The van der Waals surface area contributed by atoms with Crippen LogP contribution in [0.25, 0.3) is 0 Å². The Kier molecular flexibility index (Phi) is 4.17. The summed E-state index contributed by atoms with van der Waals surface area (Å²) in [6.07, 6.45) is 0. The summed E-state index contributed by atoms with van der Waals surface area (Å²) in [5.74, 6) is -0.379. The number of esters is 1. The number of carboxylic acids is 1. The Balaban J connectivity index is 2.01. The van der Waals surface area contributed by atoms with Crippen molar-refractivity contribution in [1.82, 2.24) is 10.2 Å². The zero-order valence-corrected chi connectivity index (χ0v) is 11.4. The quantitative estimate of drug-likeness (QED) is 0.796. The molecule has 0 spiro atoms. The summed E-state index contributed by atoms with van der Waals surface area (Å²) in [5, 5.41) is 19.3. The maximum absolute atomic E-state index is 11.2. The molecule has 8 nitrogen and oxygen atoms in total. The standard InChI is InChI=1S/C13H13N3O5/c1-7-9(12(17)18)5-8(21-7)6-14-11-4-3-10(15-16-11)13(19)20-2/h3-5H,6H2,1-2H3,(H,14,16)(H,17,18). The molecule has 2 rings (SSSR count). The number of nitrogens with one attached hydrogen (secondary N) is 1. The molecule has 0 saturated carbocycles. The molecular formula is C13H13N3O5. The lowest BCUT2D eigenvalue weighted by Crippen LogP contribution is -2.07. The molecule has 0 fully saturated rings. The van der Waals surface area contributed by atoms with E-state index in [4.69, 9.17) is 9.52 Å². The molecule has 0 aromatic carbocycles. The van der Waals surface area contributed by atoms with Crippen molar-refractivity contribution in [3.8, 4) is 0 Å². The number of aryl methyl sites for hydroxylation is 1. The number of nitrogens with zero attached hydrogens (tertiary/aromatic N) is 2. The zero-order chi connectivity index (χ0) is 15.4. The molecule has 0 unspecified atom stereocenters. The molecule has 0 amide bonds. The number of anilines is 1. The molecule has 0 atom stereocenters. The Morgan fingerprint density at radius 1 is 1.38 bits per heavy atom. The number of ether oxygens (including phenoxy) is 1.